The third-order valence-corrected chi connectivity index (χ3v) is 5.16. The van der Waals surface area contributed by atoms with Crippen molar-refractivity contribution in [3.05, 3.63) is 34.3 Å². The van der Waals surface area contributed by atoms with Gasteiger partial charge in [-0.25, -0.2) is 9.97 Å². The van der Waals surface area contributed by atoms with Crippen molar-refractivity contribution < 1.29 is 4.79 Å². The Kier molecular flexibility index (Phi) is 4.26. The molecule has 2 aromatic heterocycles. The second-order valence-corrected chi connectivity index (χ2v) is 6.83. The molecule has 1 N–H and O–H groups in total. The number of carbonyl (C=O) groups is 1. The molecular weight excluding hydrogens is 298 g/mol. The Labute approximate surface area is 134 Å². The fourth-order valence-electron chi connectivity index (χ4n) is 2.93. The van der Waals surface area contributed by atoms with E-state index >= 15 is 0 Å². The standard InChI is InChI=1S/C15H21N5OS/c1-10-14(22-9-18-10)7-20(3)15(21)12-5-16-4-11(12)13-6-19(2)8-17-13/h6,8-9,11-12,16H,4-5,7H2,1-3H3/t11-,12-/m1/s1. The lowest BCUT2D eigenvalue weighted by Crippen LogP contribution is -2.35. The lowest BCUT2D eigenvalue weighted by atomic mass is 9.92. The van der Waals surface area contributed by atoms with Gasteiger partial charge in [-0.05, 0) is 6.92 Å². The van der Waals surface area contributed by atoms with Crippen molar-refractivity contribution in [2.75, 3.05) is 20.1 Å². The van der Waals surface area contributed by atoms with E-state index in [1.54, 1.807) is 17.7 Å². The summed E-state index contributed by atoms with van der Waals surface area (Å²) in [5.41, 5.74) is 3.83. The second-order valence-electron chi connectivity index (χ2n) is 5.89. The van der Waals surface area contributed by atoms with Gasteiger partial charge < -0.3 is 14.8 Å². The molecule has 22 heavy (non-hydrogen) atoms. The van der Waals surface area contributed by atoms with Gasteiger partial charge in [0.1, 0.15) is 0 Å². The Hall–Kier alpha value is -1.73. The van der Waals surface area contributed by atoms with Gasteiger partial charge in [-0.3, -0.25) is 4.79 Å². The lowest BCUT2D eigenvalue weighted by Gasteiger charge is -2.23. The molecule has 0 saturated carbocycles. The minimum absolute atomic E-state index is 0.0480. The quantitative estimate of drug-likeness (QED) is 0.918. The maximum atomic E-state index is 12.8. The van der Waals surface area contributed by atoms with Gasteiger partial charge in [0.2, 0.25) is 5.91 Å². The smallest absolute Gasteiger partial charge is 0.227 e. The van der Waals surface area contributed by atoms with Crippen LogP contribution in [0.2, 0.25) is 0 Å². The summed E-state index contributed by atoms with van der Waals surface area (Å²) in [6, 6.07) is 0. The van der Waals surface area contributed by atoms with Crippen molar-refractivity contribution in [3.63, 3.8) is 0 Å². The number of nitrogens with one attached hydrogen (secondary N) is 1. The fraction of sp³-hybridized carbons (Fsp3) is 0.533. The average Bonchev–Trinajstić information content (AvgIpc) is 3.20. The van der Waals surface area contributed by atoms with Crippen LogP contribution in [0, 0.1) is 12.8 Å². The minimum atomic E-state index is -0.0480. The van der Waals surface area contributed by atoms with Crippen molar-refractivity contribution in [2.24, 2.45) is 13.0 Å². The van der Waals surface area contributed by atoms with Crippen LogP contribution in [-0.4, -0.2) is 45.5 Å². The van der Waals surface area contributed by atoms with Gasteiger partial charge in [0.15, 0.2) is 0 Å². The Morgan fingerprint density at radius 2 is 2.32 bits per heavy atom. The van der Waals surface area contributed by atoms with Crippen LogP contribution in [0.1, 0.15) is 22.2 Å². The third kappa shape index (κ3) is 2.91. The highest BCUT2D eigenvalue weighted by atomic mass is 32.1. The first-order chi connectivity index (χ1) is 10.6. The molecule has 0 radical (unpaired) electrons. The predicted molar refractivity (Wildman–Crippen MR) is 85.6 cm³/mol. The van der Waals surface area contributed by atoms with E-state index in [4.69, 9.17) is 0 Å². The number of carbonyl (C=O) groups excluding carboxylic acids is 1. The summed E-state index contributed by atoms with van der Waals surface area (Å²) >= 11 is 1.60. The van der Waals surface area contributed by atoms with Crippen LogP contribution in [0.15, 0.2) is 18.0 Å². The van der Waals surface area contributed by atoms with Crippen LogP contribution < -0.4 is 5.32 Å². The zero-order valence-electron chi connectivity index (χ0n) is 13.1. The fourth-order valence-corrected chi connectivity index (χ4v) is 3.76. The summed E-state index contributed by atoms with van der Waals surface area (Å²) in [6.45, 7) is 4.13. The molecule has 1 saturated heterocycles. The number of amides is 1. The van der Waals surface area contributed by atoms with E-state index in [-0.39, 0.29) is 17.7 Å². The summed E-state index contributed by atoms with van der Waals surface area (Å²) < 4.78 is 1.93. The van der Waals surface area contributed by atoms with Crippen LogP contribution in [-0.2, 0) is 18.4 Å². The normalized spacial score (nSPS) is 21.2. The summed E-state index contributed by atoms with van der Waals surface area (Å²) in [5.74, 6) is 0.278. The van der Waals surface area contributed by atoms with Gasteiger partial charge in [0.05, 0.1) is 35.7 Å². The highest BCUT2D eigenvalue weighted by Gasteiger charge is 2.36. The maximum absolute atomic E-state index is 12.8. The summed E-state index contributed by atoms with van der Waals surface area (Å²) in [7, 11) is 3.82. The highest BCUT2D eigenvalue weighted by Crippen LogP contribution is 2.29. The molecule has 3 heterocycles. The van der Waals surface area contributed by atoms with Crippen molar-refractivity contribution in [1.29, 1.82) is 0 Å². The molecule has 7 heteroatoms. The van der Waals surface area contributed by atoms with Gasteiger partial charge in [-0.2, -0.15) is 0 Å². The van der Waals surface area contributed by atoms with E-state index in [9.17, 15) is 4.79 Å². The molecule has 2 atom stereocenters. The number of aromatic nitrogens is 3. The lowest BCUT2D eigenvalue weighted by molar-refractivity contribution is -0.134. The number of rotatable bonds is 4. The molecule has 1 aliphatic rings. The van der Waals surface area contributed by atoms with Crippen molar-refractivity contribution in [1.82, 2.24) is 24.8 Å². The molecule has 1 aliphatic heterocycles. The first-order valence-electron chi connectivity index (χ1n) is 7.38. The Morgan fingerprint density at radius 1 is 1.50 bits per heavy atom. The zero-order valence-corrected chi connectivity index (χ0v) is 13.9. The SMILES string of the molecule is Cc1ncsc1CN(C)C(=O)[C@@H]1CNC[C@H]1c1cn(C)cn1. The molecule has 118 valence electrons. The second kappa shape index (κ2) is 6.18. The number of hydrogen-bond acceptors (Lipinski definition) is 5. The molecule has 1 fully saturated rings. The summed E-state index contributed by atoms with van der Waals surface area (Å²) in [4.78, 5) is 24.4. The monoisotopic (exact) mass is 319 g/mol. The molecule has 1 amide bonds. The highest BCUT2D eigenvalue weighted by molar-refractivity contribution is 7.09. The molecule has 2 aromatic rings. The topological polar surface area (TPSA) is 63.1 Å². The van der Waals surface area contributed by atoms with E-state index in [2.05, 4.69) is 15.3 Å². The number of thiazole rings is 1. The van der Waals surface area contributed by atoms with Gasteiger partial charge in [-0.1, -0.05) is 0 Å². The van der Waals surface area contributed by atoms with E-state index < -0.39 is 0 Å². The molecule has 0 bridgehead atoms. The molecule has 0 aliphatic carbocycles. The van der Waals surface area contributed by atoms with Crippen molar-refractivity contribution in [2.45, 2.75) is 19.4 Å². The zero-order chi connectivity index (χ0) is 15.7. The minimum Gasteiger partial charge on any atom is -0.340 e. The Morgan fingerprint density at radius 3 is 2.95 bits per heavy atom. The van der Waals surface area contributed by atoms with Crippen molar-refractivity contribution in [3.8, 4) is 0 Å². The number of aryl methyl sites for hydroxylation is 2. The van der Waals surface area contributed by atoms with E-state index in [1.165, 1.54) is 0 Å². The number of imidazole rings is 1. The Bertz CT molecular complexity index is 664. The van der Waals surface area contributed by atoms with E-state index in [1.807, 2.05) is 42.2 Å². The van der Waals surface area contributed by atoms with Gasteiger partial charge in [0, 0.05) is 44.2 Å². The number of nitrogens with zero attached hydrogens (tertiary/aromatic N) is 4. The van der Waals surface area contributed by atoms with Crippen LogP contribution >= 0.6 is 11.3 Å². The molecule has 0 unspecified atom stereocenters. The first-order valence-corrected chi connectivity index (χ1v) is 8.26. The third-order valence-electron chi connectivity index (χ3n) is 4.24. The molecule has 3 rings (SSSR count). The van der Waals surface area contributed by atoms with Crippen LogP contribution in [0.4, 0.5) is 0 Å². The average molecular weight is 319 g/mol. The van der Waals surface area contributed by atoms with E-state index in [0.29, 0.717) is 13.1 Å². The van der Waals surface area contributed by atoms with E-state index in [0.717, 1.165) is 22.8 Å². The van der Waals surface area contributed by atoms with Gasteiger partial charge in [0.25, 0.3) is 0 Å². The maximum Gasteiger partial charge on any atom is 0.227 e. The first kappa shape index (κ1) is 15.2. The van der Waals surface area contributed by atoms with Gasteiger partial charge in [-0.15, -0.1) is 11.3 Å². The van der Waals surface area contributed by atoms with Crippen LogP contribution in [0.3, 0.4) is 0 Å². The summed E-state index contributed by atoms with van der Waals surface area (Å²) in [6.07, 6.45) is 3.80. The van der Waals surface area contributed by atoms with Crippen LogP contribution in [0.25, 0.3) is 0 Å². The molecule has 0 aromatic carbocycles. The molecule has 6 nitrogen and oxygen atoms in total. The number of hydrogen-bond donors (Lipinski definition) is 1. The van der Waals surface area contributed by atoms with Crippen LogP contribution in [0.5, 0.6) is 0 Å². The Balaban J connectivity index is 1.71. The molecule has 0 spiro atoms. The predicted octanol–water partition coefficient (Wildman–Crippen LogP) is 1.15. The molecular formula is C15H21N5OS. The summed E-state index contributed by atoms with van der Waals surface area (Å²) in [5, 5.41) is 3.33. The van der Waals surface area contributed by atoms with Gasteiger partial charge >= 0.3 is 0 Å². The van der Waals surface area contributed by atoms with Crippen molar-refractivity contribution >= 4 is 17.2 Å². The largest absolute Gasteiger partial charge is 0.340 e.